The van der Waals surface area contributed by atoms with Gasteiger partial charge in [-0.05, 0) is 29.9 Å². The summed E-state index contributed by atoms with van der Waals surface area (Å²) < 4.78 is 0. The molecule has 1 N–H and O–H groups in total. The van der Waals surface area contributed by atoms with Gasteiger partial charge in [0.05, 0.1) is 6.42 Å². The third kappa shape index (κ3) is 3.99. The van der Waals surface area contributed by atoms with E-state index < -0.39 is 0 Å². The lowest BCUT2D eigenvalue weighted by Crippen LogP contribution is -2.46. The topological polar surface area (TPSA) is 49.4 Å². The standard InChI is InChI=1S/C18H20N2O2S/c21-17(12-15-8-5-11-23-15)20-10-4-9-16(20)18(22)19-13-14-6-2-1-3-7-14/h1-3,5-8,11,16H,4,9-10,12-13H2,(H,19,22)/t16-/m0/s1. The molecule has 0 aliphatic carbocycles. The highest BCUT2D eigenvalue weighted by atomic mass is 32.1. The van der Waals surface area contributed by atoms with Crippen LogP contribution in [-0.2, 0) is 22.6 Å². The molecule has 4 nitrogen and oxygen atoms in total. The lowest BCUT2D eigenvalue weighted by molar-refractivity contribution is -0.138. The molecule has 0 bridgehead atoms. The largest absolute Gasteiger partial charge is 0.350 e. The summed E-state index contributed by atoms with van der Waals surface area (Å²) in [6, 6.07) is 13.4. The summed E-state index contributed by atoms with van der Waals surface area (Å²) in [5.41, 5.74) is 1.07. The van der Waals surface area contributed by atoms with E-state index in [1.807, 2.05) is 47.8 Å². The Hall–Kier alpha value is -2.14. The van der Waals surface area contributed by atoms with E-state index in [0.717, 1.165) is 23.3 Å². The maximum atomic E-state index is 12.5. The molecule has 0 unspecified atom stereocenters. The van der Waals surface area contributed by atoms with Crippen molar-refractivity contribution in [1.82, 2.24) is 10.2 Å². The van der Waals surface area contributed by atoms with Gasteiger partial charge in [0.2, 0.25) is 11.8 Å². The van der Waals surface area contributed by atoms with Gasteiger partial charge in [-0.25, -0.2) is 0 Å². The van der Waals surface area contributed by atoms with Crippen LogP contribution in [0.5, 0.6) is 0 Å². The van der Waals surface area contributed by atoms with Crippen LogP contribution in [0.15, 0.2) is 47.8 Å². The molecule has 1 saturated heterocycles. The van der Waals surface area contributed by atoms with Crippen LogP contribution in [0.4, 0.5) is 0 Å². The summed E-state index contributed by atoms with van der Waals surface area (Å²) >= 11 is 1.58. The van der Waals surface area contributed by atoms with Gasteiger partial charge in [0.15, 0.2) is 0 Å². The summed E-state index contributed by atoms with van der Waals surface area (Å²) in [6.07, 6.45) is 2.02. The first-order chi connectivity index (χ1) is 11.2. The molecule has 5 heteroatoms. The van der Waals surface area contributed by atoms with Crippen LogP contribution in [0.3, 0.4) is 0 Å². The molecular formula is C18H20N2O2S. The number of hydrogen-bond donors (Lipinski definition) is 1. The third-order valence-corrected chi connectivity index (χ3v) is 4.97. The second kappa shape index (κ2) is 7.42. The normalized spacial score (nSPS) is 17.2. The number of benzene rings is 1. The van der Waals surface area contributed by atoms with E-state index in [1.165, 1.54) is 0 Å². The number of amides is 2. The first-order valence-corrected chi connectivity index (χ1v) is 8.75. The van der Waals surface area contributed by atoms with Crippen molar-refractivity contribution >= 4 is 23.2 Å². The molecule has 0 spiro atoms. The van der Waals surface area contributed by atoms with Gasteiger partial charge in [-0.15, -0.1) is 11.3 Å². The van der Waals surface area contributed by atoms with Gasteiger partial charge in [0.1, 0.15) is 6.04 Å². The van der Waals surface area contributed by atoms with E-state index in [0.29, 0.717) is 19.5 Å². The van der Waals surface area contributed by atoms with Gasteiger partial charge in [-0.1, -0.05) is 36.4 Å². The Kier molecular flexibility index (Phi) is 5.08. The van der Waals surface area contributed by atoms with Crippen LogP contribution in [0, 0.1) is 0 Å². The molecule has 1 fully saturated rings. The number of likely N-dealkylation sites (tertiary alicyclic amines) is 1. The molecule has 1 atom stereocenters. The van der Waals surface area contributed by atoms with Crippen molar-refractivity contribution in [2.45, 2.75) is 31.8 Å². The highest BCUT2D eigenvalue weighted by Gasteiger charge is 2.33. The third-order valence-electron chi connectivity index (χ3n) is 4.09. The van der Waals surface area contributed by atoms with Gasteiger partial charge in [-0.3, -0.25) is 9.59 Å². The van der Waals surface area contributed by atoms with Crippen LogP contribution < -0.4 is 5.32 Å². The number of nitrogens with one attached hydrogen (secondary N) is 1. The molecule has 1 aromatic carbocycles. The van der Waals surface area contributed by atoms with Gasteiger partial charge in [0, 0.05) is 18.0 Å². The predicted octanol–water partition coefficient (Wildman–Crippen LogP) is 2.60. The summed E-state index contributed by atoms with van der Waals surface area (Å²) in [5, 5.41) is 4.92. The fourth-order valence-electron chi connectivity index (χ4n) is 2.90. The minimum Gasteiger partial charge on any atom is -0.350 e. The maximum Gasteiger partial charge on any atom is 0.243 e. The molecule has 23 heavy (non-hydrogen) atoms. The van der Waals surface area contributed by atoms with E-state index in [2.05, 4.69) is 5.32 Å². The molecule has 0 radical (unpaired) electrons. The monoisotopic (exact) mass is 328 g/mol. The Balaban J connectivity index is 1.57. The Morgan fingerprint density at radius 1 is 1.17 bits per heavy atom. The molecule has 2 heterocycles. The van der Waals surface area contributed by atoms with Crippen LogP contribution in [-0.4, -0.2) is 29.3 Å². The average molecular weight is 328 g/mol. The minimum absolute atomic E-state index is 0.0461. The number of carbonyl (C=O) groups is 2. The average Bonchev–Trinajstić information content (AvgIpc) is 3.24. The zero-order chi connectivity index (χ0) is 16.1. The molecule has 3 rings (SSSR count). The van der Waals surface area contributed by atoms with Crippen LogP contribution in [0.2, 0.25) is 0 Å². The zero-order valence-corrected chi connectivity index (χ0v) is 13.7. The first-order valence-electron chi connectivity index (χ1n) is 7.87. The van der Waals surface area contributed by atoms with Crippen molar-refractivity contribution in [2.24, 2.45) is 0 Å². The Morgan fingerprint density at radius 3 is 2.74 bits per heavy atom. The lowest BCUT2D eigenvalue weighted by atomic mass is 10.1. The molecule has 1 aliphatic rings. The number of carbonyl (C=O) groups excluding carboxylic acids is 2. The quantitative estimate of drug-likeness (QED) is 0.917. The summed E-state index contributed by atoms with van der Waals surface area (Å²) in [7, 11) is 0. The number of hydrogen-bond acceptors (Lipinski definition) is 3. The van der Waals surface area contributed by atoms with E-state index in [4.69, 9.17) is 0 Å². The Labute approximate surface area is 140 Å². The Morgan fingerprint density at radius 2 is 2.00 bits per heavy atom. The summed E-state index contributed by atoms with van der Waals surface area (Å²) in [6.45, 7) is 1.18. The molecular weight excluding hydrogens is 308 g/mol. The SMILES string of the molecule is O=C(NCc1ccccc1)[C@@H]1CCCN1C(=O)Cc1cccs1. The van der Waals surface area contributed by atoms with E-state index in [-0.39, 0.29) is 17.9 Å². The summed E-state index contributed by atoms with van der Waals surface area (Å²) in [4.78, 5) is 27.7. The highest BCUT2D eigenvalue weighted by Crippen LogP contribution is 2.20. The van der Waals surface area contributed by atoms with Crippen LogP contribution in [0.25, 0.3) is 0 Å². The van der Waals surface area contributed by atoms with E-state index in [9.17, 15) is 9.59 Å². The van der Waals surface area contributed by atoms with Crippen LogP contribution in [0.1, 0.15) is 23.3 Å². The summed E-state index contributed by atoms with van der Waals surface area (Å²) in [5.74, 6) is -0.00399. The van der Waals surface area contributed by atoms with Crippen molar-refractivity contribution in [2.75, 3.05) is 6.54 Å². The Bertz CT molecular complexity index is 655. The van der Waals surface area contributed by atoms with Crippen molar-refractivity contribution in [3.8, 4) is 0 Å². The van der Waals surface area contributed by atoms with Crippen molar-refractivity contribution in [3.05, 3.63) is 58.3 Å². The highest BCUT2D eigenvalue weighted by molar-refractivity contribution is 7.10. The van der Waals surface area contributed by atoms with E-state index in [1.54, 1.807) is 16.2 Å². The second-order valence-corrected chi connectivity index (χ2v) is 6.74. The number of nitrogens with zero attached hydrogens (tertiary/aromatic N) is 1. The zero-order valence-electron chi connectivity index (χ0n) is 12.9. The molecule has 120 valence electrons. The molecule has 1 aromatic heterocycles. The van der Waals surface area contributed by atoms with Gasteiger partial charge >= 0.3 is 0 Å². The van der Waals surface area contributed by atoms with Crippen molar-refractivity contribution in [1.29, 1.82) is 0 Å². The molecule has 2 amide bonds. The minimum atomic E-state index is -0.328. The molecule has 2 aromatic rings. The van der Waals surface area contributed by atoms with Gasteiger partial charge in [0.25, 0.3) is 0 Å². The van der Waals surface area contributed by atoms with E-state index >= 15 is 0 Å². The lowest BCUT2D eigenvalue weighted by Gasteiger charge is -2.24. The van der Waals surface area contributed by atoms with Gasteiger partial charge in [-0.2, -0.15) is 0 Å². The van der Waals surface area contributed by atoms with Crippen molar-refractivity contribution in [3.63, 3.8) is 0 Å². The fraction of sp³-hybridized carbons (Fsp3) is 0.333. The second-order valence-electron chi connectivity index (χ2n) is 5.70. The molecule has 0 saturated carbocycles. The van der Waals surface area contributed by atoms with Gasteiger partial charge < -0.3 is 10.2 Å². The predicted molar refractivity (Wildman–Crippen MR) is 91.0 cm³/mol. The first kappa shape index (κ1) is 15.7. The van der Waals surface area contributed by atoms with Crippen LogP contribution >= 0.6 is 11.3 Å². The maximum absolute atomic E-state index is 12.5. The smallest absolute Gasteiger partial charge is 0.243 e. The number of rotatable bonds is 5. The fourth-order valence-corrected chi connectivity index (χ4v) is 3.60. The number of thiophene rings is 1. The van der Waals surface area contributed by atoms with Crippen molar-refractivity contribution < 1.29 is 9.59 Å². The molecule has 1 aliphatic heterocycles.